The number of ether oxygens (including phenoxy) is 1. The molecule has 0 atom stereocenters. The molecule has 3 aromatic carbocycles. The fourth-order valence-electron chi connectivity index (χ4n) is 3.37. The summed E-state index contributed by atoms with van der Waals surface area (Å²) in [7, 11) is 0. The average molecular weight is 418 g/mol. The van der Waals surface area contributed by atoms with Crippen molar-refractivity contribution in [2.75, 3.05) is 11.5 Å². The third-order valence-corrected chi connectivity index (χ3v) is 4.98. The molecule has 0 aliphatic carbocycles. The van der Waals surface area contributed by atoms with E-state index in [2.05, 4.69) is 0 Å². The molecule has 1 aliphatic rings. The first-order valence-corrected chi connectivity index (χ1v) is 9.99. The lowest BCUT2D eigenvalue weighted by molar-refractivity contribution is -0.113. The molecule has 1 aliphatic heterocycles. The van der Waals surface area contributed by atoms with E-state index in [1.54, 1.807) is 12.1 Å². The Labute approximate surface area is 180 Å². The molecular weight excluding hydrogens is 398 g/mol. The van der Waals surface area contributed by atoms with Crippen LogP contribution in [0.3, 0.4) is 0 Å². The number of anilines is 1. The predicted molar refractivity (Wildman–Crippen MR) is 121 cm³/mol. The molecule has 1 N–H and O–H groups in total. The Bertz CT molecular complexity index is 1130. The highest BCUT2D eigenvalue weighted by molar-refractivity contribution is 6.31. The van der Waals surface area contributed by atoms with Crippen LogP contribution in [-0.2, 0) is 4.79 Å². The number of aromatic hydroxyl groups is 1. The molecule has 1 heterocycles. The first-order valence-electron chi connectivity index (χ1n) is 9.61. The SMILES string of the molecule is CCOc1ccc(/C=C2\C=C(c3ccccc3)N(c3ccc(Cl)cc3O)C2=O)cc1. The van der Waals surface area contributed by atoms with Crippen LogP contribution in [0.4, 0.5) is 5.69 Å². The van der Waals surface area contributed by atoms with E-state index in [1.807, 2.05) is 73.7 Å². The Kier molecular flexibility index (Phi) is 5.59. The monoisotopic (exact) mass is 417 g/mol. The van der Waals surface area contributed by atoms with Gasteiger partial charge in [-0.1, -0.05) is 54.1 Å². The third kappa shape index (κ3) is 3.95. The zero-order valence-corrected chi connectivity index (χ0v) is 17.1. The molecule has 0 aromatic heterocycles. The Morgan fingerprint density at radius 1 is 1.03 bits per heavy atom. The highest BCUT2D eigenvalue weighted by atomic mass is 35.5. The number of amides is 1. The van der Waals surface area contributed by atoms with E-state index in [0.717, 1.165) is 16.9 Å². The molecule has 0 unspecified atom stereocenters. The van der Waals surface area contributed by atoms with E-state index in [9.17, 15) is 9.90 Å². The second kappa shape index (κ2) is 8.47. The summed E-state index contributed by atoms with van der Waals surface area (Å²) in [5, 5.41) is 10.9. The molecule has 3 aromatic rings. The fraction of sp³-hybridized carbons (Fsp3) is 0.0800. The van der Waals surface area contributed by atoms with Crippen LogP contribution in [-0.4, -0.2) is 17.6 Å². The van der Waals surface area contributed by atoms with Gasteiger partial charge in [0.05, 0.1) is 18.0 Å². The van der Waals surface area contributed by atoms with E-state index in [1.165, 1.54) is 11.0 Å². The second-order valence-corrected chi connectivity index (χ2v) is 7.21. The number of phenols is 1. The van der Waals surface area contributed by atoms with E-state index in [-0.39, 0.29) is 11.7 Å². The van der Waals surface area contributed by atoms with Crippen LogP contribution in [0.1, 0.15) is 18.1 Å². The molecular formula is C25H20ClNO3. The first-order chi connectivity index (χ1) is 14.6. The van der Waals surface area contributed by atoms with Crippen molar-refractivity contribution in [3.05, 3.63) is 101 Å². The van der Waals surface area contributed by atoms with Gasteiger partial charge in [0.2, 0.25) is 0 Å². The summed E-state index contributed by atoms with van der Waals surface area (Å²) in [5.41, 5.74) is 3.35. The van der Waals surface area contributed by atoms with Crippen molar-refractivity contribution in [2.45, 2.75) is 6.92 Å². The number of nitrogens with zero attached hydrogens (tertiary/aromatic N) is 1. The number of hydrogen-bond acceptors (Lipinski definition) is 3. The Balaban J connectivity index is 1.77. The zero-order chi connectivity index (χ0) is 21.1. The minimum Gasteiger partial charge on any atom is -0.506 e. The maximum Gasteiger partial charge on any atom is 0.263 e. The summed E-state index contributed by atoms with van der Waals surface area (Å²) in [4.78, 5) is 14.9. The van der Waals surface area contributed by atoms with Crippen molar-refractivity contribution in [3.8, 4) is 11.5 Å². The smallest absolute Gasteiger partial charge is 0.263 e. The van der Waals surface area contributed by atoms with Gasteiger partial charge in [0.15, 0.2) is 0 Å². The maximum atomic E-state index is 13.3. The van der Waals surface area contributed by atoms with E-state index < -0.39 is 0 Å². The number of phenolic OH excluding ortho intramolecular Hbond substituents is 1. The van der Waals surface area contributed by atoms with Crippen molar-refractivity contribution in [1.29, 1.82) is 0 Å². The molecule has 0 radical (unpaired) electrons. The van der Waals surface area contributed by atoms with Gasteiger partial charge >= 0.3 is 0 Å². The molecule has 0 spiro atoms. The van der Waals surface area contributed by atoms with Gasteiger partial charge in [-0.3, -0.25) is 9.69 Å². The highest BCUT2D eigenvalue weighted by Gasteiger charge is 2.32. The summed E-state index contributed by atoms with van der Waals surface area (Å²) in [5.74, 6) is 0.506. The van der Waals surface area contributed by atoms with Gasteiger partial charge < -0.3 is 9.84 Å². The van der Waals surface area contributed by atoms with E-state index in [0.29, 0.717) is 28.6 Å². The minimum absolute atomic E-state index is 0.0556. The van der Waals surface area contributed by atoms with Crippen molar-refractivity contribution >= 4 is 35.0 Å². The molecule has 0 saturated carbocycles. The van der Waals surface area contributed by atoms with Crippen molar-refractivity contribution in [1.82, 2.24) is 0 Å². The van der Waals surface area contributed by atoms with Crippen LogP contribution in [0.25, 0.3) is 11.8 Å². The van der Waals surface area contributed by atoms with E-state index >= 15 is 0 Å². The van der Waals surface area contributed by atoms with Crippen LogP contribution in [0.5, 0.6) is 11.5 Å². The Hall–Kier alpha value is -3.50. The van der Waals surface area contributed by atoms with Gasteiger partial charge in [-0.05, 0) is 54.5 Å². The molecule has 5 heteroatoms. The number of hydrogen-bond donors (Lipinski definition) is 1. The van der Waals surface area contributed by atoms with Crippen LogP contribution in [0, 0.1) is 0 Å². The second-order valence-electron chi connectivity index (χ2n) is 6.77. The summed E-state index contributed by atoms with van der Waals surface area (Å²) in [6, 6.07) is 21.9. The molecule has 30 heavy (non-hydrogen) atoms. The largest absolute Gasteiger partial charge is 0.506 e. The number of carbonyl (C=O) groups excluding carboxylic acids is 1. The first kappa shape index (κ1) is 19.8. The lowest BCUT2D eigenvalue weighted by atomic mass is 10.1. The van der Waals surface area contributed by atoms with Gasteiger partial charge in [-0.25, -0.2) is 0 Å². The minimum atomic E-state index is -0.222. The molecule has 0 fully saturated rings. The molecule has 4 nitrogen and oxygen atoms in total. The summed E-state index contributed by atoms with van der Waals surface area (Å²) < 4.78 is 5.48. The van der Waals surface area contributed by atoms with Gasteiger partial charge in [0.25, 0.3) is 5.91 Å². The summed E-state index contributed by atoms with van der Waals surface area (Å²) >= 11 is 5.98. The van der Waals surface area contributed by atoms with E-state index in [4.69, 9.17) is 16.3 Å². The van der Waals surface area contributed by atoms with Gasteiger partial charge in [0.1, 0.15) is 11.5 Å². The molecule has 0 saturated heterocycles. The van der Waals surface area contributed by atoms with Crippen LogP contribution in [0.2, 0.25) is 5.02 Å². The van der Waals surface area contributed by atoms with Gasteiger partial charge in [0, 0.05) is 16.7 Å². The average Bonchev–Trinajstić information content (AvgIpc) is 3.06. The Morgan fingerprint density at radius 3 is 2.43 bits per heavy atom. The lowest BCUT2D eigenvalue weighted by Crippen LogP contribution is -2.25. The third-order valence-electron chi connectivity index (χ3n) is 4.74. The highest BCUT2D eigenvalue weighted by Crippen LogP contribution is 2.40. The quantitative estimate of drug-likeness (QED) is 0.524. The molecule has 0 bridgehead atoms. The normalized spacial score (nSPS) is 14.9. The van der Waals surface area contributed by atoms with Crippen LogP contribution in [0.15, 0.2) is 84.4 Å². The number of carbonyl (C=O) groups is 1. The maximum absolute atomic E-state index is 13.3. The van der Waals surface area contributed by atoms with Crippen LogP contribution < -0.4 is 9.64 Å². The van der Waals surface area contributed by atoms with Crippen molar-refractivity contribution < 1.29 is 14.6 Å². The number of benzene rings is 3. The molecule has 4 rings (SSSR count). The fourth-order valence-corrected chi connectivity index (χ4v) is 3.53. The number of halogens is 1. The summed E-state index contributed by atoms with van der Waals surface area (Å²) in [6.45, 7) is 2.53. The summed E-state index contributed by atoms with van der Waals surface area (Å²) in [6.07, 6.45) is 3.66. The van der Waals surface area contributed by atoms with Gasteiger partial charge in [-0.2, -0.15) is 0 Å². The topological polar surface area (TPSA) is 49.8 Å². The number of rotatable bonds is 5. The Morgan fingerprint density at radius 2 is 1.77 bits per heavy atom. The lowest BCUT2D eigenvalue weighted by Gasteiger charge is -2.21. The predicted octanol–water partition coefficient (Wildman–Crippen LogP) is 5.92. The standard InChI is InChI=1S/C25H20ClNO3/c1-2-30-21-11-8-17(9-12-21)14-19-15-23(18-6-4-3-5-7-18)27(25(19)29)22-13-10-20(26)16-24(22)28/h3-16,28H,2H2,1H3/b19-14+. The van der Waals surface area contributed by atoms with Crippen molar-refractivity contribution in [2.24, 2.45) is 0 Å². The van der Waals surface area contributed by atoms with Crippen LogP contribution >= 0.6 is 11.6 Å². The zero-order valence-electron chi connectivity index (χ0n) is 16.4. The van der Waals surface area contributed by atoms with Crippen molar-refractivity contribution in [3.63, 3.8) is 0 Å². The molecule has 1 amide bonds. The molecule has 150 valence electrons. The van der Waals surface area contributed by atoms with Gasteiger partial charge in [-0.15, -0.1) is 0 Å².